The van der Waals surface area contributed by atoms with Crippen LogP contribution in [0.4, 0.5) is 0 Å². The quantitative estimate of drug-likeness (QED) is 0.680. The third-order valence-corrected chi connectivity index (χ3v) is 3.20. The van der Waals surface area contributed by atoms with E-state index >= 15 is 0 Å². The first-order valence-corrected chi connectivity index (χ1v) is 6.69. The molecule has 1 aliphatic carbocycles. The van der Waals surface area contributed by atoms with E-state index in [-0.39, 0.29) is 22.3 Å². The minimum atomic E-state index is -1.19. The molecule has 0 amide bonds. The first kappa shape index (κ1) is 15.9. The van der Waals surface area contributed by atoms with Crippen molar-refractivity contribution < 1.29 is 24.2 Å². The lowest BCUT2D eigenvalue weighted by atomic mass is 9.83. The van der Waals surface area contributed by atoms with Crippen molar-refractivity contribution in [2.75, 3.05) is 7.11 Å². The summed E-state index contributed by atoms with van der Waals surface area (Å²) in [4.78, 5) is 37.0. The number of methoxy groups -OCH3 is 1. The molecule has 2 rings (SSSR count). The highest BCUT2D eigenvalue weighted by atomic mass is 16.5. The summed E-state index contributed by atoms with van der Waals surface area (Å²) in [5, 5.41) is 9.76. The van der Waals surface area contributed by atoms with E-state index in [9.17, 15) is 19.5 Å². The fourth-order valence-electron chi connectivity index (χ4n) is 2.15. The van der Waals surface area contributed by atoms with Crippen LogP contribution in [0.15, 0.2) is 47.6 Å². The average molecular weight is 300 g/mol. The number of ether oxygens (including phenoxy) is 1. The highest BCUT2D eigenvalue weighted by molar-refractivity contribution is 6.36. The number of hydrogen-bond acceptors (Lipinski definition) is 5. The van der Waals surface area contributed by atoms with Crippen LogP contribution in [0.2, 0.25) is 0 Å². The van der Waals surface area contributed by atoms with Crippen LogP contribution in [-0.4, -0.2) is 35.4 Å². The summed E-state index contributed by atoms with van der Waals surface area (Å²) in [5.41, 5.74) is -1.16. The van der Waals surface area contributed by atoms with Crippen LogP contribution in [0.5, 0.6) is 0 Å². The second-order valence-electron chi connectivity index (χ2n) is 5.47. The number of allylic oxidation sites excluding steroid dienone is 2. The summed E-state index contributed by atoms with van der Waals surface area (Å²) < 4.78 is 4.62. The zero-order valence-electron chi connectivity index (χ0n) is 12.5. The highest BCUT2D eigenvalue weighted by Gasteiger charge is 2.35. The van der Waals surface area contributed by atoms with Gasteiger partial charge >= 0.3 is 5.97 Å². The lowest BCUT2D eigenvalue weighted by Gasteiger charge is -2.18. The maximum Gasteiger partial charge on any atom is 0.342 e. The Morgan fingerprint density at radius 3 is 2.18 bits per heavy atom. The van der Waals surface area contributed by atoms with E-state index in [0.717, 1.165) is 7.11 Å². The fourth-order valence-corrected chi connectivity index (χ4v) is 2.15. The van der Waals surface area contributed by atoms with Crippen molar-refractivity contribution >= 4 is 17.5 Å². The Balaban J connectivity index is 2.67. The van der Waals surface area contributed by atoms with Gasteiger partial charge in [-0.15, -0.1) is 0 Å². The van der Waals surface area contributed by atoms with Crippen LogP contribution in [-0.2, 0) is 9.53 Å². The summed E-state index contributed by atoms with van der Waals surface area (Å²) in [5.74, 6) is -1.88. The molecule has 0 fully saturated rings. The maximum absolute atomic E-state index is 12.6. The van der Waals surface area contributed by atoms with Gasteiger partial charge in [-0.05, 0) is 13.8 Å². The third kappa shape index (κ3) is 2.89. The Labute approximate surface area is 127 Å². The zero-order chi connectivity index (χ0) is 16.5. The molecule has 0 heterocycles. The SMILES string of the molecule is COC(=O)C1=C(/C=C/C(C)(C)O)C(=O)c2ccccc2C1=O. The van der Waals surface area contributed by atoms with Gasteiger partial charge in [-0.3, -0.25) is 9.59 Å². The van der Waals surface area contributed by atoms with Crippen LogP contribution < -0.4 is 0 Å². The lowest BCUT2D eigenvalue weighted by Crippen LogP contribution is -2.27. The van der Waals surface area contributed by atoms with Crippen molar-refractivity contribution in [1.82, 2.24) is 0 Å². The molecule has 5 heteroatoms. The molecule has 114 valence electrons. The molecule has 0 unspecified atom stereocenters. The minimum absolute atomic E-state index is 0.0716. The predicted molar refractivity (Wildman–Crippen MR) is 79.6 cm³/mol. The van der Waals surface area contributed by atoms with Crippen LogP contribution in [0.1, 0.15) is 34.6 Å². The molecule has 0 radical (unpaired) electrons. The average Bonchev–Trinajstić information content (AvgIpc) is 2.47. The Morgan fingerprint density at radius 2 is 1.68 bits per heavy atom. The molecule has 22 heavy (non-hydrogen) atoms. The summed E-state index contributed by atoms with van der Waals surface area (Å²) in [6.45, 7) is 3.04. The fraction of sp³-hybridized carbons (Fsp3) is 0.235. The van der Waals surface area contributed by atoms with Gasteiger partial charge in [0, 0.05) is 16.7 Å². The molecule has 0 saturated carbocycles. The van der Waals surface area contributed by atoms with Crippen molar-refractivity contribution in [3.05, 3.63) is 58.7 Å². The summed E-state index contributed by atoms with van der Waals surface area (Å²) in [6.07, 6.45) is 2.65. The van der Waals surface area contributed by atoms with Gasteiger partial charge in [0.2, 0.25) is 5.78 Å². The standard InChI is InChI=1S/C17H16O5/c1-17(2,21)9-8-12-13(16(20)22-3)15(19)11-7-5-4-6-10(11)14(12)18/h4-9,21H,1-3H3/b9-8+. The molecule has 0 atom stereocenters. The van der Waals surface area contributed by atoms with Crippen LogP contribution in [0.3, 0.4) is 0 Å². The van der Waals surface area contributed by atoms with E-state index in [2.05, 4.69) is 4.74 Å². The molecule has 1 aliphatic rings. The molecule has 0 aromatic heterocycles. The van der Waals surface area contributed by atoms with E-state index < -0.39 is 23.1 Å². The molecule has 0 bridgehead atoms. The Morgan fingerprint density at radius 1 is 1.14 bits per heavy atom. The number of rotatable bonds is 3. The Bertz CT molecular complexity index is 717. The molecular formula is C17H16O5. The number of carbonyl (C=O) groups is 3. The molecular weight excluding hydrogens is 284 g/mol. The molecule has 5 nitrogen and oxygen atoms in total. The molecule has 1 aromatic rings. The number of hydrogen-bond donors (Lipinski definition) is 1. The van der Waals surface area contributed by atoms with Gasteiger partial charge in [0.15, 0.2) is 5.78 Å². The summed E-state index contributed by atoms with van der Waals surface area (Å²) in [7, 11) is 1.14. The van der Waals surface area contributed by atoms with Gasteiger partial charge in [-0.25, -0.2) is 4.79 Å². The first-order chi connectivity index (χ1) is 10.3. The number of benzene rings is 1. The molecule has 1 aromatic carbocycles. The van der Waals surface area contributed by atoms with Crippen molar-refractivity contribution in [1.29, 1.82) is 0 Å². The number of Topliss-reactive ketones (excluding diaryl/α,β-unsaturated/α-hetero) is 2. The van der Waals surface area contributed by atoms with Gasteiger partial charge in [0.1, 0.15) is 5.57 Å². The first-order valence-electron chi connectivity index (χ1n) is 6.69. The van der Waals surface area contributed by atoms with E-state index in [1.807, 2.05) is 0 Å². The van der Waals surface area contributed by atoms with E-state index in [4.69, 9.17) is 0 Å². The second kappa shape index (κ2) is 5.69. The number of esters is 1. The van der Waals surface area contributed by atoms with Gasteiger partial charge in [0.05, 0.1) is 12.7 Å². The monoisotopic (exact) mass is 300 g/mol. The number of ketones is 2. The molecule has 1 N–H and O–H groups in total. The Kier molecular flexibility index (Phi) is 4.10. The predicted octanol–water partition coefficient (Wildman–Crippen LogP) is 1.86. The van der Waals surface area contributed by atoms with E-state index in [1.165, 1.54) is 38.1 Å². The van der Waals surface area contributed by atoms with Crippen molar-refractivity contribution in [3.8, 4) is 0 Å². The number of carbonyl (C=O) groups excluding carboxylic acids is 3. The molecule has 0 saturated heterocycles. The van der Waals surface area contributed by atoms with Gasteiger partial charge < -0.3 is 9.84 Å². The normalized spacial score (nSPS) is 15.3. The van der Waals surface area contributed by atoms with Crippen LogP contribution in [0.25, 0.3) is 0 Å². The van der Waals surface area contributed by atoms with Gasteiger partial charge in [0.25, 0.3) is 0 Å². The minimum Gasteiger partial charge on any atom is -0.465 e. The third-order valence-electron chi connectivity index (χ3n) is 3.20. The largest absolute Gasteiger partial charge is 0.465 e. The van der Waals surface area contributed by atoms with Crippen LogP contribution >= 0.6 is 0 Å². The van der Waals surface area contributed by atoms with Crippen molar-refractivity contribution in [2.24, 2.45) is 0 Å². The van der Waals surface area contributed by atoms with E-state index in [0.29, 0.717) is 0 Å². The topological polar surface area (TPSA) is 80.7 Å². The smallest absolute Gasteiger partial charge is 0.342 e. The van der Waals surface area contributed by atoms with Crippen LogP contribution in [0, 0.1) is 0 Å². The van der Waals surface area contributed by atoms with Gasteiger partial charge in [-0.1, -0.05) is 36.4 Å². The lowest BCUT2D eigenvalue weighted by molar-refractivity contribution is -0.135. The number of aliphatic hydroxyl groups is 1. The second-order valence-corrected chi connectivity index (χ2v) is 5.47. The van der Waals surface area contributed by atoms with Crippen molar-refractivity contribution in [2.45, 2.75) is 19.4 Å². The highest BCUT2D eigenvalue weighted by Crippen LogP contribution is 2.28. The molecule has 0 aliphatic heterocycles. The Hall–Kier alpha value is -2.53. The summed E-state index contributed by atoms with van der Waals surface area (Å²) in [6, 6.07) is 6.29. The summed E-state index contributed by atoms with van der Waals surface area (Å²) >= 11 is 0. The number of fused-ring (bicyclic) bond motifs is 1. The zero-order valence-corrected chi connectivity index (χ0v) is 12.5. The van der Waals surface area contributed by atoms with Gasteiger partial charge in [-0.2, -0.15) is 0 Å². The maximum atomic E-state index is 12.6. The molecule has 0 spiro atoms. The van der Waals surface area contributed by atoms with E-state index in [1.54, 1.807) is 12.1 Å². The van der Waals surface area contributed by atoms with Crippen molar-refractivity contribution in [3.63, 3.8) is 0 Å².